The van der Waals surface area contributed by atoms with Gasteiger partial charge in [0.25, 0.3) is 5.91 Å². The topological polar surface area (TPSA) is 67.8 Å². The molecule has 1 N–H and O–H groups in total. The summed E-state index contributed by atoms with van der Waals surface area (Å²) in [6.45, 7) is 1.66. The number of carbonyl (C=O) groups excluding carboxylic acids is 1. The zero-order chi connectivity index (χ0) is 14.3. The third-order valence-electron chi connectivity index (χ3n) is 2.49. The maximum Gasteiger partial charge on any atom is 0.271 e. The van der Waals surface area contributed by atoms with Crippen LogP contribution in [-0.4, -0.2) is 20.5 Å². The predicted molar refractivity (Wildman–Crippen MR) is 72.1 cm³/mol. The molecule has 0 atom stereocenters. The largest absolute Gasteiger partial charge is 0.297 e. The number of anilines is 1. The van der Waals surface area contributed by atoms with E-state index in [0.29, 0.717) is 15.3 Å². The van der Waals surface area contributed by atoms with Crippen LogP contribution in [0.5, 0.6) is 0 Å². The van der Waals surface area contributed by atoms with Crippen LogP contribution in [-0.2, 0) is 0 Å². The fourth-order valence-electron chi connectivity index (χ4n) is 1.60. The second kappa shape index (κ2) is 4.84. The molecule has 20 heavy (non-hydrogen) atoms. The Labute approximate surface area is 119 Å². The predicted octanol–water partition coefficient (Wildman–Crippen LogP) is 2.99. The fraction of sp³-hybridized carbons (Fsp3) is 0.0909. The molecule has 9 heteroatoms. The van der Waals surface area contributed by atoms with Crippen molar-refractivity contribution in [3.8, 4) is 0 Å². The molecule has 0 unspecified atom stereocenters. The molecule has 0 bridgehead atoms. The van der Waals surface area contributed by atoms with Crippen molar-refractivity contribution in [2.24, 2.45) is 0 Å². The van der Waals surface area contributed by atoms with Gasteiger partial charge in [0.05, 0.1) is 10.4 Å². The lowest BCUT2D eigenvalue weighted by Crippen LogP contribution is -2.11. The summed E-state index contributed by atoms with van der Waals surface area (Å²) in [4.78, 5) is 16.2. The normalized spacial score (nSPS) is 10.9. The summed E-state index contributed by atoms with van der Waals surface area (Å²) in [6.07, 6.45) is 0. The molecule has 1 amide bonds. The van der Waals surface area contributed by atoms with Gasteiger partial charge in [0.15, 0.2) is 10.9 Å². The number of amides is 1. The number of fused-ring (bicyclic) bond motifs is 1. The highest BCUT2D eigenvalue weighted by Gasteiger charge is 2.16. The van der Waals surface area contributed by atoms with Gasteiger partial charge in [0.1, 0.15) is 16.2 Å². The Bertz CT molecular complexity index is 814. The number of benzene rings is 1. The molecule has 0 spiro atoms. The molecule has 0 aliphatic carbocycles. The molecule has 0 saturated heterocycles. The van der Waals surface area contributed by atoms with E-state index in [9.17, 15) is 13.6 Å². The fourth-order valence-corrected chi connectivity index (χ4v) is 3.06. The second-order valence-corrected chi connectivity index (χ2v) is 5.68. The van der Waals surface area contributed by atoms with Crippen molar-refractivity contribution in [2.75, 3.05) is 5.32 Å². The number of aromatic nitrogens is 3. The summed E-state index contributed by atoms with van der Waals surface area (Å²) in [6, 6.07) is 1.93. The number of carbonyl (C=O) groups is 1. The minimum Gasteiger partial charge on any atom is -0.297 e. The van der Waals surface area contributed by atoms with Gasteiger partial charge in [-0.25, -0.2) is 13.8 Å². The second-order valence-electron chi connectivity index (χ2n) is 3.89. The molecule has 1 aromatic carbocycles. The van der Waals surface area contributed by atoms with Gasteiger partial charge in [-0.15, -0.1) is 5.10 Å². The monoisotopic (exact) mass is 312 g/mol. The Morgan fingerprint density at radius 3 is 2.85 bits per heavy atom. The number of halogens is 2. The van der Waals surface area contributed by atoms with Crippen molar-refractivity contribution >= 4 is 44.1 Å². The maximum absolute atomic E-state index is 13.5. The van der Waals surface area contributed by atoms with Crippen LogP contribution in [0.25, 0.3) is 10.2 Å². The van der Waals surface area contributed by atoms with Crippen molar-refractivity contribution in [1.82, 2.24) is 14.6 Å². The van der Waals surface area contributed by atoms with Gasteiger partial charge in [-0.05, 0) is 24.5 Å². The number of thiazole rings is 1. The molecule has 3 rings (SSSR count). The molecule has 0 radical (unpaired) electrons. The standard InChI is InChI=1S/C11H6F2N4OS2/c1-4-9(20-17-16-4)10(18)15-11-14-8-6(13)2-5(12)3-7(8)19-11/h2-3H,1H3,(H,14,15,18). The number of nitrogens with zero attached hydrogens (tertiary/aromatic N) is 3. The zero-order valence-electron chi connectivity index (χ0n) is 9.98. The number of hydrogen-bond donors (Lipinski definition) is 1. The summed E-state index contributed by atoms with van der Waals surface area (Å²) in [5.74, 6) is -1.86. The third kappa shape index (κ3) is 2.25. The molecule has 2 heterocycles. The lowest BCUT2D eigenvalue weighted by atomic mass is 10.3. The summed E-state index contributed by atoms with van der Waals surface area (Å²) in [5.41, 5.74) is 0.539. The minimum absolute atomic E-state index is 0.0332. The first-order valence-corrected chi connectivity index (χ1v) is 6.99. The van der Waals surface area contributed by atoms with Gasteiger partial charge in [-0.2, -0.15) is 0 Å². The first kappa shape index (κ1) is 13.0. The van der Waals surface area contributed by atoms with Crippen LogP contribution in [0, 0.1) is 18.6 Å². The van der Waals surface area contributed by atoms with E-state index in [0.717, 1.165) is 28.9 Å². The molecule has 0 aliphatic heterocycles. The van der Waals surface area contributed by atoms with Crippen LogP contribution in [0.1, 0.15) is 15.4 Å². The molecule has 3 aromatic rings. The van der Waals surface area contributed by atoms with E-state index in [1.54, 1.807) is 6.92 Å². The quantitative estimate of drug-likeness (QED) is 0.790. The molecule has 0 saturated carbocycles. The van der Waals surface area contributed by atoms with Gasteiger partial charge < -0.3 is 0 Å². The molecule has 2 aromatic heterocycles. The SMILES string of the molecule is Cc1nnsc1C(=O)Nc1nc2c(F)cc(F)cc2s1. The van der Waals surface area contributed by atoms with Gasteiger partial charge in [-0.1, -0.05) is 15.8 Å². The molecular weight excluding hydrogens is 306 g/mol. The number of hydrogen-bond acceptors (Lipinski definition) is 6. The highest BCUT2D eigenvalue weighted by molar-refractivity contribution is 7.22. The Morgan fingerprint density at radius 2 is 2.15 bits per heavy atom. The first-order chi connectivity index (χ1) is 9.54. The Morgan fingerprint density at radius 1 is 1.35 bits per heavy atom. The Kier molecular flexibility index (Phi) is 3.14. The van der Waals surface area contributed by atoms with E-state index in [-0.39, 0.29) is 10.6 Å². The van der Waals surface area contributed by atoms with Crippen LogP contribution < -0.4 is 5.32 Å². The minimum atomic E-state index is -0.757. The molecular formula is C11H6F2N4OS2. The molecule has 5 nitrogen and oxygen atoms in total. The van der Waals surface area contributed by atoms with E-state index in [1.165, 1.54) is 6.07 Å². The smallest absolute Gasteiger partial charge is 0.271 e. The lowest BCUT2D eigenvalue weighted by Gasteiger charge is -1.97. The maximum atomic E-state index is 13.5. The van der Waals surface area contributed by atoms with Crippen molar-refractivity contribution in [3.63, 3.8) is 0 Å². The van der Waals surface area contributed by atoms with Crippen LogP contribution in [0.3, 0.4) is 0 Å². The summed E-state index contributed by atoms with van der Waals surface area (Å²) in [7, 11) is 0. The summed E-state index contributed by atoms with van der Waals surface area (Å²) < 4.78 is 30.6. The van der Waals surface area contributed by atoms with Gasteiger partial charge >= 0.3 is 0 Å². The average Bonchev–Trinajstić information content (AvgIpc) is 2.95. The van der Waals surface area contributed by atoms with Gasteiger partial charge in [-0.3, -0.25) is 10.1 Å². The van der Waals surface area contributed by atoms with Crippen molar-refractivity contribution in [1.29, 1.82) is 0 Å². The van der Waals surface area contributed by atoms with Crippen molar-refractivity contribution in [3.05, 3.63) is 34.3 Å². The van der Waals surface area contributed by atoms with E-state index in [1.807, 2.05) is 0 Å². The number of aryl methyl sites for hydroxylation is 1. The highest BCUT2D eigenvalue weighted by atomic mass is 32.1. The average molecular weight is 312 g/mol. The van der Waals surface area contributed by atoms with Gasteiger partial charge in [0.2, 0.25) is 0 Å². The highest BCUT2D eigenvalue weighted by Crippen LogP contribution is 2.29. The number of nitrogens with one attached hydrogen (secondary N) is 1. The third-order valence-corrected chi connectivity index (χ3v) is 4.24. The van der Waals surface area contributed by atoms with Crippen LogP contribution in [0.15, 0.2) is 12.1 Å². The molecule has 0 aliphatic rings. The van der Waals surface area contributed by atoms with Crippen molar-refractivity contribution < 1.29 is 13.6 Å². The molecule has 102 valence electrons. The van der Waals surface area contributed by atoms with Crippen LogP contribution >= 0.6 is 22.9 Å². The van der Waals surface area contributed by atoms with E-state index >= 15 is 0 Å². The van der Waals surface area contributed by atoms with E-state index in [2.05, 4.69) is 19.9 Å². The Hall–Kier alpha value is -2.00. The Balaban J connectivity index is 1.94. The van der Waals surface area contributed by atoms with Crippen LogP contribution in [0.2, 0.25) is 0 Å². The van der Waals surface area contributed by atoms with E-state index in [4.69, 9.17) is 0 Å². The van der Waals surface area contributed by atoms with Crippen molar-refractivity contribution in [2.45, 2.75) is 6.92 Å². The van der Waals surface area contributed by atoms with Gasteiger partial charge in [0, 0.05) is 6.07 Å². The summed E-state index contributed by atoms with van der Waals surface area (Å²) >= 11 is 1.96. The summed E-state index contributed by atoms with van der Waals surface area (Å²) in [5, 5.41) is 6.46. The first-order valence-electron chi connectivity index (χ1n) is 5.40. The van der Waals surface area contributed by atoms with Crippen LogP contribution in [0.4, 0.5) is 13.9 Å². The number of rotatable bonds is 2. The molecule has 0 fully saturated rings. The lowest BCUT2D eigenvalue weighted by molar-refractivity contribution is 0.103. The zero-order valence-corrected chi connectivity index (χ0v) is 11.6. The van der Waals surface area contributed by atoms with E-state index < -0.39 is 17.5 Å².